The fraction of sp³-hybridized carbons (Fsp3) is 0.846. The number of nitrogens with one attached hydrogen (secondary N) is 2. The van der Waals surface area contributed by atoms with E-state index in [-0.39, 0.29) is 12.3 Å². The molecule has 0 aliphatic rings. The molecule has 0 saturated heterocycles. The summed E-state index contributed by atoms with van der Waals surface area (Å²) in [5.41, 5.74) is 0. The number of carbonyl (C=O) groups is 2. The second-order valence-electron chi connectivity index (χ2n) is 4.93. The highest BCUT2D eigenvalue weighted by molar-refractivity contribution is 5.75. The van der Waals surface area contributed by atoms with Crippen LogP contribution in [0, 0.1) is 11.8 Å². The van der Waals surface area contributed by atoms with E-state index in [1.165, 1.54) is 0 Å². The van der Waals surface area contributed by atoms with E-state index in [9.17, 15) is 9.59 Å². The molecule has 0 radical (unpaired) electrons. The average Bonchev–Trinajstić information content (AvgIpc) is 2.30. The fourth-order valence-corrected chi connectivity index (χ4v) is 1.84. The van der Waals surface area contributed by atoms with Crippen LogP contribution < -0.4 is 10.6 Å². The molecule has 1 unspecified atom stereocenters. The van der Waals surface area contributed by atoms with Crippen LogP contribution in [0.1, 0.15) is 39.5 Å². The van der Waals surface area contributed by atoms with Gasteiger partial charge in [0.2, 0.25) is 5.91 Å². The zero-order valence-electron chi connectivity index (χ0n) is 11.7. The third-order valence-electron chi connectivity index (χ3n) is 3.11. The van der Waals surface area contributed by atoms with Gasteiger partial charge < -0.3 is 15.7 Å². The van der Waals surface area contributed by atoms with Crippen LogP contribution in [0.15, 0.2) is 0 Å². The third-order valence-corrected chi connectivity index (χ3v) is 3.11. The first kappa shape index (κ1) is 16.9. The van der Waals surface area contributed by atoms with Crippen molar-refractivity contribution in [1.29, 1.82) is 0 Å². The Morgan fingerprint density at radius 1 is 1.11 bits per heavy atom. The van der Waals surface area contributed by atoms with Gasteiger partial charge in [-0.2, -0.15) is 0 Å². The van der Waals surface area contributed by atoms with Crippen molar-refractivity contribution in [2.24, 2.45) is 11.8 Å². The molecule has 0 aromatic carbocycles. The van der Waals surface area contributed by atoms with E-state index in [2.05, 4.69) is 24.5 Å². The second-order valence-corrected chi connectivity index (χ2v) is 4.93. The molecular formula is C13H26N2O3. The van der Waals surface area contributed by atoms with E-state index in [4.69, 9.17) is 5.11 Å². The molecule has 18 heavy (non-hydrogen) atoms. The van der Waals surface area contributed by atoms with Crippen molar-refractivity contribution in [2.45, 2.75) is 39.5 Å². The highest BCUT2D eigenvalue weighted by Crippen LogP contribution is 2.20. The van der Waals surface area contributed by atoms with E-state index >= 15 is 0 Å². The molecule has 5 nitrogen and oxygen atoms in total. The molecule has 0 fully saturated rings. The van der Waals surface area contributed by atoms with E-state index in [1.54, 1.807) is 0 Å². The SMILES string of the molecule is CNCCC(=O)NCCC(CCC(=O)O)C(C)C. The predicted molar refractivity (Wildman–Crippen MR) is 71.4 cm³/mol. The van der Waals surface area contributed by atoms with Crippen LogP contribution in [0.25, 0.3) is 0 Å². The first-order valence-electron chi connectivity index (χ1n) is 6.60. The molecule has 3 N–H and O–H groups in total. The monoisotopic (exact) mass is 258 g/mol. The van der Waals surface area contributed by atoms with Crippen LogP contribution >= 0.6 is 0 Å². The van der Waals surface area contributed by atoms with E-state index in [0.29, 0.717) is 37.8 Å². The van der Waals surface area contributed by atoms with Crippen molar-refractivity contribution in [3.63, 3.8) is 0 Å². The van der Waals surface area contributed by atoms with Gasteiger partial charge >= 0.3 is 5.97 Å². The Bertz CT molecular complexity index is 255. The van der Waals surface area contributed by atoms with Gasteiger partial charge in [-0.05, 0) is 31.7 Å². The molecular weight excluding hydrogens is 232 g/mol. The topological polar surface area (TPSA) is 78.4 Å². The lowest BCUT2D eigenvalue weighted by Gasteiger charge is -2.20. The number of hydrogen-bond donors (Lipinski definition) is 3. The molecule has 0 heterocycles. The van der Waals surface area contributed by atoms with E-state index in [0.717, 1.165) is 6.42 Å². The normalized spacial score (nSPS) is 12.4. The van der Waals surface area contributed by atoms with Crippen LogP contribution in [0.4, 0.5) is 0 Å². The highest BCUT2D eigenvalue weighted by atomic mass is 16.4. The summed E-state index contributed by atoms with van der Waals surface area (Å²) < 4.78 is 0. The quantitative estimate of drug-likeness (QED) is 0.551. The van der Waals surface area contributed by atoms with E-state index < -0.39 is 5.97 Å². The molecule has 0 aromatic heterocycles. The molecule has 0 aliphatic carbocycles. The largest absolute Gasteiger partial charge is 0.481 e. The minimum Gasteiger partial charge on any atom is -0.481 e. The third kappa shape index (κ3) is 8.98. The standard InChI is InChI=1S/C13H26N2O3/c1-10(2)11(4-5-13(17)18)6-9-15-12(16)7-8-14-3/h10-11,14H,4-9H2,1-3H3,(H,15,16)(H,17,18). The summed E-state index contributed by atoms with van der Waals surface area (Å²) in [6.07, 6.45) is 2.21. The highest BCUT2D eigenvalue weighted by Gasteiger charge is 2.15. The Morgan fingerprint density at radius 2 is 1.78 bits per heavy atom. The maximum absolute atomic E-state index is 11.4. The van der Waals surface area contributed by atoms with Crippen molar-refractivity contribution in [1.82, 2.24) is 10.6 Å². The number of aliphatic carboxylic acids is 1. The van der Waals surface area contributed by atoms with Gasteiger partial charge in [-0.15, -0.1) is 0 Å². The molecule has 106 valence electrons. The lowest BCUT2D eigenvalue weighted by Crippen LogP contribution is -2.29. The molecule has 0 saturated carbocycles. The van der Waals surface area contributed by atoms with Crippen LogP contribution in [0.3, 0.4) is 0 Å². The number of carboxylic acid groups (broad SMARTS) is 1. The Morgan fingerprint density at radius 3 is 2.28 bits per heavy atom. The Labute approximate surface area is 109 Å². The molecule has 1 amide bonds. The summed E-state index contributed by atoms with van der Waals surface area (Å²) in [4.78, 5) is 21.9. The first-order valence-corrected chi connectivity index (χ1v) is 6.60. The molecule has 1 atom stereocenters. The molecule has 5 heteroatoms. The lowest BCUT2D eigenvalue weighted by atomic mass is 9.88. The number of carboxylic acids is 1. The van der Waals surface area contributed by atoms with Crippen molar-refractivity contribution in [2.75, 3.05) is 20.1 Å². The summed E-state index contributed by atoms with van der Waals surface area (Å²) in [6.45, 7) is 5.49. The van der Waals surface area contributed by atoms with Gasteiger partial charge in [-0.3, -0.25) is 9.59 Å². The minimum absolute atomic E-state index is 0.0464. The zero-order chi connectivity index (χ0) is 14.0. The molecule has 0 aromatic rings. The number of rotatable bonds is 10. The van der Waals surface area contributed by atoms with Crippen molar-refractivity contribution >= 4 is 11.9 Å². The lowest BCUT2D eigenvalue weighted by molar-refractivity contribution is -0.137. The fourth-order valence-electron chi connectivity index (χ4n) is 1.84. The summed E-state index contributed by atoms with van der Waals surface area (Å²) >= 11 is 0. The van der Waals surface area contributed by atoms with Crippen LogP contribution in [0.5, 0.6) is 0 Å². The smallest absolute Gasteiger partial charge is 0.303 e. The number of carbonyl (C=O) groups excluding carboxylic acids is 1. The van der Waals surface area contributed by atoms with Gasteiger partial charge in [0, 0.05) is 25.9 Å². The van der Waals surface area contributed by atoms with Crippen LogP contribution in [-0.2, 0) is 9.59 Å². The Hall–Kier alpha value is -1.10. The maximum Gasteiger partial charge on any atom is 0.303 e. The minimum atomic E-state index is -0.751. The van der Waals surface area contributed by atoms with E-state index in [1.807, 2.05) is 7.05 Å². The number of amides is 1. The molecule has 0 rings (SSSR count). The first-order chi connectivity index (χ1) is 8.47. The van der Waals surface area contributed by atoms with Gasteiger partial charge in [-0.1, -0.05) is 13.8 Å². The van der Waals surface area contributed by atoms with Gasteiger partial charge in [0.05, 0.1) is 0 Å². The molecule has 0 bridgehead atoms. The Kier molecular flexibility index (Phi) is 9.28. The van der Waals surface area contributed by atoms with Crippen molar-refractivity contribution in [3.8, 4) is 0 Å². The zero-order valence-corrected chi connectivity index (χ0v) is 11.7. The maximum atomic E-state index is 11.4. The number of hydrogen-bond acceptors (Lipinski definition) is 3. The summed E-state index contributed by atoms with van der Waals surface area (Å²) in [7, 11) is 1.81. The molecule has 0 aliphatic heterocycles. The summed E-state index contributed by atoms with van der Waals surface area (Å²) in [6, 6.07) is 0. The summed E-state index contributed by atoms with van der Waals surface area (Å²) in [5, 5.41) is 14.5. The van der Waals surface area contributed by atoms with Gasteiger partial charge in [0.1, 0.15) is 0 Å². The van der Waals surface area contributed by atoms with Crippen molar-refractivity contribution in [3.05, 3.63) is 0 Å². The van der Waals surface area contributed by atoms with Crippen LogP contribution in [0.2, 0.25) is 0 Å². The molecule has 0 spiro atoms. The second kappa shape index (κ2) is 9.88. The van der Waals surface area contributed by atoms with Gasteiger partial charge in [-0.25, -0.2) is 0 Å². The van der Waals surface area contributed by atoms with Crippen LogP contribution in [-0.4, -0.2) is 37.1 Å². The summed E-state index contributed by atoms with van der Waals surface area (Å²) in [5.74, 6) is 0.0908. The van der Waals surface area contributed by atoms with Gasteiger partial charge in [0.15, 0.2) is 0 Å². The Balaban J connectivity index is 3.82. The van der Waals surface area contributed by atoms with Gasteiger partial charge in [0.25, 0.3) is 0 Å². The predicted octanol–water partition coefficient (Wildman–Crippen LogP) is 1.24. The average molecular weight is 258 g/mol. The van der Waals surface area contributed by atoms with Crippen molar-refractivity contribution < 1.29 is 14.7 Å².